The monoisotopic (exact) mass is 428 g/mol. The van der Waals surface area contributed by atoms with Crippen molar-refractivity contribution in [3.63, 3.8) is 0 Å². The third-order valence-corrected chi connectivity index (χ3v) is 5.87. The predicted molar refractivity (Wildman–Crippen MR) is 113 cm³/mol. The molecule has 0 saturated carbocycles. The molecule has 124 valence electrons. The molecule has 2 aromatic carbocycles. The summed E-state index contributed by atoms with van der Waals surface area (Å²) in [6, 6.07) is 15.8. The van der Waals surface area contributed by atoms with E-state index >= 15 is 0 Å². The quantitative estimate of drug-likeness (QED) is 0.406. The third-order valence-electron chi connectivity index (χ3n) is 4.07. The van der Waals surface area contributed by atoms with Gasteiger partial charge in [-0.1, -0.05) is 64.2 Å². The Labute approximate surface area is 163 Å². The molecule has 2 heterocycles. The number of rotatable bonds is 2. The van der Waals surface area contributed by atoms with E-state index in [-0.39, 0.29) is 5.91 Å². The average molecular weight is 429 g/mol. The number of benzene rings is 2. The fourth-order valence-corrected chi connectivity index (χ4v) is 4.61. The summed E-state index contributed by atoms with van der Waals surface area (Å²) in [5.74, 6) is -0.0824. The van der Waals surface area contributed by atoms with Crippen molar-refractivity contribution in [3.8, 4) is 0 Å². The van der Waals surface area contributed by atoms with Crippen LogP contribution in [0.3, 0.4) is 0 Å². The minimum atomic E-state index is -0.0824. The van der Waals surface area contributed by atoms with Gasteiger partial charge < -0.3 is 4.57 Å². The number of aromatic nitrogens is 1. The van der Waals surface area contributed by atoms with Crippen LogP contribution in [0.1, 0.15) is 5.56 Å². The SMILES string of the molecule is Cn1cc(C=C2SC(=S)N(c3cccc(Br)c3)C2=O)c2ccccc21. The van der Waals surface area contributed by atoms with Gasteiger partial charge in [-0.25, -0.2) is 0 Å². The van der Waals surface area contributed by atoms with Gasteiger partial charge in [0.2, 0.25) is 0 Å². The second-order valence-corrected chi connectivity index (χ2v) is 8.30. The fraction of sp³-hybridized carbons (Fsp3) is 0.0526. The molecule has 6 heteroatoms. The van der Waals surface area contributed by atoms with Crippen molar-refractivity contribution in [2.45, 2.75) is 0 Å². The standard InChI is InChI=1S/C19H13BrN2OS2/c1-21-11-12(15-7-2-3-8-16(15)21)9-17-18(23)22(19(24)25-17)14-6-4-5-13(20)10-14/h2-11H,1H3. The Morgan fingerprint density at radius 2 is 1.96 bits per heavy atom. The number of hydrogen-bond acceptors (Lipinski definition) is 3. The van der Waals surface area contributed by atoms with Crippen LogP contribution < -0.4 is 4.90 Å². The van der Waals surface area contributed by atoms with Crippen LogP contribution in [-0.4, -0.2) is 14.8 Å². The molecule has 1 amide bonds. The lowest BCUT2D eigenvalue weighted by atomic mass is 10.1. The number of anilines is 1. The summed E-state index contributed by atoms with van der Waals surface area (Å²) < 4.78 is 3.53. The molecule has 4 rings (SSSR count). The number of halogens is 1. The van der Waals surface area contributed by atoms with Crippen molar-refractivity contribution < 1.29 is 4.79 Å². The summed E-state index contributed by atoms with van der Waals surface area (Å²) in [4.78, 5) is 15.1. The van der Waals surface area contributed by atoms with Crippen LogP contribution in [0.15, 0.2) is 64.1 Å². The first kappa shape index (κ1) is 16.6. The van der Waals surface area contributed by atoms with Gasteiger partial charge in [-0.15, -0.1) is 0 Å². The number of carbonyl (C=O) groups is 1. The first-order valence-corrected chi connectivity index (χ1v) is 9.64. The Kier molecular flexibility index (Phi) is 4.27. The van der Waals surface area contributed by atoms with E-state index in [2.05, 4.69) is 32.6 Å². The molecule has 25 heavy (non-hydrogen) atoms. The molecular formula is C19H13BrN2OS2. The molecule has 1 aliphatic rings. The number of hydrogen-bond donors (Lipinski definition) is 0. The van der Waals surface area contributed by atoms with E-state index < -0.39 is 0 Å². The van der Waals surface area contributed by atoms with Crippen LogP contribution in [-0.2, 0) is 11.8 Å². The maximum atomic E-state index is 12.9. The van der Waals surface area contributed by atoms with E-state index in [1.54, 1.807) is 4.90 Å². The van der Waals surface area contributed by atoms with Crippen LogP contribution in [0.5, 0.6) is 0 Å². The molecule has 0 spiro atoms. The second-order valence-electron chi connectivity index (χ2n) is 5.71. The van der Waals surface area contributed by atoms with Crippen LogP contribution in [0, 0.1) is 0 Å². The van der Waals surface area contributed by atoms with E-state index in [1.165, 1.54) is 11.8 Å². The molecule has 3 nitrogen and oxygen atoms in total. The summed E-state index contributed by atoms with van der Waals surface area (Å²) in [6.45, 7) is 0. The Hall–Kier alpha value is -1.89. The van der Waals surface area contributed by atoms with Gasteiger partial charge in [0.05, 0.1) is 10.6 Å². The van der Waals surface area contributed by atoms with Crippen LogP contribution in [0.25, 0.3) is 17.0 Å². The first-order valence-electron chi connectivity index (χ1n) is 7.62. The number of nitrogens with zero attached hydrogens (tertiary/aromatic N) is 2. The van der Waals surface area contributed by atoms with E-state index in [4.69, 9.17) is 12.2 Å². The lowest BCUT2D eigenvalue weighted by Crippen LogP contribution is -2.27. The van der Waals surface area contributed by atoms with Gasteiger partial charge in [0.1, 0.15) is 0 Å². The number of aryl methyl sites for hydroxylation is 1. The zero-order valence-electron chi connectivity index (χ0n) is 13.3. The number of thiocarbonyl (C=S) groups is 1. The van der Waals surface area contributed by atoms with E-state index in [1.807, 2.05) is 55.7 Å². The largest absolute Gasteiger partial charge is 0.350 e. The van der Waals surface area contributed by atoms with Crippen LogP contribution in [0.2, 0.25) is 0 Å². The molecule has 1 aliphatic heterocycles. The second kappa shape index (κ2) is 6.44. The number of para-hydroxylation sites is 1. The normalized spacial score (nSPS) is 16.4. The summed E-state index contributed by atoms with van der Waals surface area (Å²) >= 11 is 10.2. The van der Waals surface area contributed by atoms with Gasteiger partial charge in [0.25, 0.3) is 5.91 Å². The van der Waals surface area contributed by atoms with Crippen molar-refractivity contribution in [2.24, 2.45) is 7.05 Å². The highest BCUT2D eigenvalue weighted by atomic mass is 79.9. The molecule has 1 aromatic heterocycles. The summed E-state index contributed by atoms with van der Waals surface area (Å²) in [7, 11) is 2.01. The Morgan fingerprint density at radius 3 is 2.76 bits per heavy atom. The lowest BCUT2D eigenvalue weighted by molar-refractivity contribution is -0.113. The van der Waals surface area contributed by atoms with E-state index in [0.717, 1.165) is 26.6 Å². The molecule has 0 bridgehead atoms. The Bertz CT molecular complexity index is 1050. The van der Waals surface area contributed by atoms with Crippen molar-refractivity contribution in [1.82, 2.24) is 4.57 Å². The molecular weight excluding hydrogens is 416 g/mol. The zero-order chi connectivity index (χ0) is 17.6. The fourth-order valence-electron chi connectivity index (χ4n) is 2.93. The van der Waals surface area contributed by atoms with E-state index in [9.17, 15) is 4.79 Å². The Balaban J connectivity index is 1.75. The predicted octanol–water partition coefficient (Wildman–Crippen LogP) is 5.35. The van der Waals surface area contributed by atoms with Gasteiger partial charge in [-0.3, -0.25) is 9.69 Å². The minimum Gasteiger partial charge on any atom is -0.350 e. The molecule has 1 saturated heterocycles. The van der Waals surface area contributed by atoms with Crippen molar-refractivity contribution in [1.29, 1.82) is 0 Å². The first-order chi connectivity index (χ1) is 12.0. The highest BCUT2D eigenvalue weighted by molar-refractivity contribution is 9.10. The third kappa shape index (κ3) is 2.94. The minimum absolute atomic E-state index is 0.0824. The van der Waals surface area contributed by atoms with Gasteiger partial charge >= 0.3 is 0 Å². The molecule has 3 aromatic rings. The maximum absolute atomic E-state index is 12.9. The van der Waals surface area contributed by atoms with Crippen LogP contribution in [0.4, 0.5) is 5.69 Å². The molecule has 0 aliphatic carbocycles. The maximum Gasteiger partial charge on any atom is 0.270 e. The molecule has 0 N–H and O–H groups in total. The zero-order valence-corrected chi connectivity index (χ0v) is 16.5. The molecule has 1 fully saturated rings. The topological polar surface area (TPSA) is 25.2 Å². The number of thioether (sulfide) groups is 1. The molecule has 0 unspecified atom stereocenters. The summed E-state index contributed by atoms with van der Waals surface area (Å²) in [5, 5.41) is 1.12. The van der Waals surface area contributed by atoms with E-state index in [0.29, 0.717) is 9.23 Å². The van der Waals surface area contributed by atoms with Crippen molar-refractivity contribution in [3.05, 3.63) is 69.7 Å². The summed E-state index contributed by atoms with van der Waals surface area (Å²) in [6.07, 6.45) is 3.97. The van der Waals surface area contributed by atoms with Gasteiger partial charge in [0.15, 0.2) is 4.32 Å². The number of fused-ring (bicyclic) bond motifs is 1. The molecule has 0 atom stereocenters. The van der Waals surface area contributed by atoms with Crippen molar-refractivity contribution >= 4 is 72.8 Å². The highest BCUT2D eigenvalue weighted by Crippen LogP contribution is 2.37. The Morgan fingerprint density at radius 1 is 1.16 bits per heavy atom. The lowest BCUT2D eigenvalue weighted by Gasteiger charge is -2.14. The smallest absolute Gasteiger partial charge is 0.270 e. The van der Waals surface area contributed by atoms with Gasteiger partial charge in [-0.2, -0.15) is 0 Å². The molecule has 0 radical (unpaired) electrons. The van der Waals surface area contributed by atoms with Crippen molar-refractivity contribution in [2.75, 3.05) is 4.90 Å². The average Bonchev–Trinajstić information content (AvgIpc) is 3.05. The number of amides is 1. The highest BCUT2D eigenvalue weighted by Gasteiger charge is 2.33. The van der Waals surface area contributed by atoms with Crippen LogP contribution >= 0.6 is 39.9 Å². The number of carbonyl (C=O) groups excluding carboxylic acids is 1. The summed E-state index contributed by atoms with van der Waals surface area (Å²) in [5.41, 5.74) is 2.93. The van der Waals surface area contributed by atoms with Gasteiger partial charge in [0, 0.05) is 34.2 Å². The van der Waals surface area contributed by atoms with Gasteiger partial charge in [-0.05, 0) is 30.3 Å².